The van der Waals surface area contributed by atoms with Crippen LogP contribution in [0.3, 0.4) is 0 Å². The molecule has 140 valence electrons. The molecule has 2 nitrogen and oxygen atoms in total. The minimum absolute atomic E-state index is 0.211. The molecule has 0 heterocycles. The summed E-state index contributed by atoms with van der Waals surface area (Å²) in [5, 5.41) is 0. The summed E-state index contributed by atoms with van der Waals surface area (Å²) in [4.78, 5) is 0. The van der Waals surface area contributed by atoms with Crippen molar-refractivity contribution in [1.82, 2.24) is 0 Å². The van der Waals surface area contributed by atoms with Gasteiger partial charge in [-0.05, 0) is 77.8 Å². The molecule has 0 N–H and O–H groups in total. The van der Waals surface area contributed by atoms with Crippen molar-refractivity contribution in [3.63, 3.8) is 0 Å². The third kappa shape index (κ3) is 3.75. The molecule has 1 aliphatic rings. The molecule has 2 heteroatoms. The zero-order chi connectivity index (χ0) is 18.7. The van der Waals surface area contributed by atoms with Crippen molar-refractivity contribution in [2.75, 3.05) is 14.2 Å². The highest BCUT2D eigenvalue weighted by Gasteiger charge is 2.40. The van der Waals surface area contributed by atoms with E-state index in [9.17, 15) is 0 Å². The van der Waals surface area contributed by atoms with E-state index in [1.165, 1.54) is 30.4 Å². The van der Waals surface area contributed by atoms with Crippen LogP contribution in [0.1, 0.15) is 57.1 Å². The lowest BCUT2D eigenvalue weighted by Crippen LogP contribution is -2.35. The number of hydrogen-bond donors (Lipinski definition) is 0. The molecule has 2 aromatic rings. The molecule has 1 aliphatic carbocycles. The summed E-state index contributed by atoms with van der Waals surface area (Å²) < 4.78 is 10.7. The van der Waals surface area contributed by atoms with E-state index in [4.69, 9.17) is 9.47 Å². The van der Waals surface area contributed by atoms with Crippen LogP contribution in [-0.2, 0) is 5.41 Å². The van der Waals surface area contributed by atoms with Gasteiger partial charge in [0.2, 0.25) is 0 Å². The Balaban J connectivity index is 1.90. The van der Waals surface area contributed by atoms with E-state index in [1.54, 1.807) is 14.2 Å². The molecule has 0 aliphatic heterocycles. The van der Waals surface area contributed by atoms with E-state index in [0.29, 0.717) is 11.8 Å². The second-order valence-electron chi connectivity index (χ2n) is 8.32. The van der Waals surface area contributed by atoms with Gasteiger partial charge in [-0.25, -0.2) is 0 Å². The quantitative estimate of drug-likeness (QED) is 0.637. The van der Waals surface area contributed by atoms with Gasteiger partial charge in [-0.3, -0.25) is 0 Å². The number of benzene rings is 2. The molecule has 0 amide bonds. The van der Waals surface area contributed by atoms with Crippen molar-refractivity contribution >= 4 is 0 Å². The lowest BCUT2D eigenvalue weighted by molar-refractivity contribution is 0.170. The lowest BCUT2D eigenvalue weighted by Gasteiger charge is -2.45. The zero-order valence-electron chi connectivity index (χ0n) is 16.8. The Hall–Kier alpha value is -1.96. The molecule has 3 rings (SSSR count). The predicted octanol–water partition coefficient (Wildman–Crippen LogP) is 6.20. The van der Waals surface area contributed by atoms with Crippen LogP contribution in [0.25, 0.3) is 0 Å². The second-order valence-corrected chi connectivity index (χ2v) is 8.32. The highest BCUT2D eigenvalue weighted by molar-refractivity contribution is 5.35. The van der Waals surface area contributed by atoms with E-state index < -0.39 is 0 Å². The van der Waals surface area contributed by atoms with Gasteiger partial charge >= 0.3 is 0 Å². The average molecular weight is 353 g/mol. The first-order valence-electron chi connectivity index (χ1n) is 9.75. The van der Waals surface area contributed by atoms with Crippen LogP contribution in [0.2, 0.25) is 0 Å². The first kappa shape index (κ1) is 18.8. The van der Waals surface area contributed by atoms with Gasteiger partial charge in [0.1, 0.15) is 11.5 Å². The maximum Gasteiger partial charge on any atom is 0.118 e. The number of methoxy groups -OCH3 is 2. The molecular weight excluding hydrogens is 320 g/mol. The summed E-state index contributed by atoms with van der Waals surface area (Å²) in [6.45, 7) is 7.18. The molecular formula is C24H32O2. The van der Waals surface area contributed by atoms with E-state index in [-0.39, 0.29) is 5.41 Å². The number of rotatable bonds is 5. The van der Waals surface area contributed by atoms with Crippen LogP contribution in [-0.4, -0.2) is 14.2 Å². The van der Waals surface area contributed by atoms with Crippen LogP contribution in [0.5, 0.6) is 11.5 Å². The Bertz CT molecular complexity index is 702. The highest BCUT2D eigenvalue weighted by Crippen LogP contribution is 2.50. The summed E-state index contributed by atoms with van der Waals surface area (Å²) in [6, 6.07) is 17.4. The first-order valence-corrected chi connectivity index (χ1v) is 9.75. The fourth-order valence-electron chi connectivity index (χ4n) is 4.69. The van der Waals surface area contributed by atoms with Gasteiger partial charge in [-0.1, -0.05) is 45.0 Å². The molecule has 0 bridgehead atoms. The topological polar surface area (TPSA) is 18.5 Å². The molecule has 26 heavy (non-hydrogen) atoms. The third-order valence-electron chi connectivity index (χ3n) is 6.40. The molecule has 0 spiro atoms. The number of ether oxygens (including phenoxy) is 2. The summed E-state index contributed by atoms with van der Waals surface area (Å²) in [5.74, 6) is 3.88. The van der Waals surface area contributed by atoms with Crippen LogP contribution >= 0.6 is 0 Å². The largest absolute Gasteiger partial charge is 0.497 e. The predicted molar refractivity (Wildman–Crippen MR) is 108 cm³/mol. The average Bonchev–Trinajstić information content (AvgIpc) is 2.68. The SMILES string of the molecule is COc1ccc(C2CC(C)(c3ccc(OC)cc3)CCC2C(C)C)cc1. The van der Waals surface area contributed by atoms with Crippen molar-refractivity contribution in [1.29, 1.82) is 0 Å². The van der Waals surface area contributed by atoms with Crippen molar-refractivity contribution in [3.8, 4) is 11.5 Å². The second kappa shape index (κ2) is 7.73. The Labute approximate surface area is 158 Å². The summed E-state index contributed by atoms with van der Waals surface area (Å²) in [5.41, 5.74) is 3.09. The van der Waals surface area contributed by atoms with Crippen molar-refractivity contribution in [2.45, 2.75) is 51.4 Å². The van der Waals surface area contributed by atoms with Gasteiger partial charge < -0.3 is 9.47 Å². The van der Waals surface area contributed by atoms with Gasteiger partial charge in [0.05, 0.1) is 14.2 Å². The van der Waals surface area contributed by atoms with E-state index in [2.05, 4.69) is 69.3 Å². The van der Waals surface area contributed by atoms with Crippen LogP contribution in [0.15, 0.2) is 48.5 Å². The standard InChI is InChI=1S/C24H32O2/c1-17(2)22-14-15-24(3,19-8-12-21(26-5)13-9-19)16-23(22)18-6-10-20(25-4)11-7-18/h6-13,17,22-23H,14-16H2,1-5H3. The molecule has 1 saturated carbocycles. The summed E-state index contributed by atoms with van der Waals surface area (Å²) in [6.07, 6.45) is 3.71. The van der Waals surface area contributed by atoms with E-state index >= 15 is 0 Å². The van der Waals surface area contributed by atoms with Gasteiger partial charge in [0.15, 0.2) is 0 Å². The van der Waals surface area contributed by atoms with Gasteiger partial charge in [0, 0.05) is 0 Å². The lowest BCUT2D eigenvalue weighted by atomic mass is 9.59. The molecule has 1 fully saturated rings. The monoisotopic (exact) mass is 352 g/mol. The highest BCUT2D eigenvalue weighted by atomic mass is 16.5. The summed E-state index contributed by atoms with van der Waals surface area (Å²) >= 11 is 0. The molecule has 3 unspecified atom stereocenters. The smallest absolute Gasteiger partial charge is 0.118 e. The molecule has 0 radical (unpaired) electrons. The Morgan fingerprint density at radius 3 is 1.92 bits per heavy atom. The maximum absolute atomic E-state index is 5.35. The van der Waals surface area contributed by atoms with E-state index in [0.717, 1.165) is 17.4 Å². The Morgan fingerprint density at radius 1 is 0.885 bits per heavy atom. The minimum Gasteiger partial charge on any atom is -0.497 e. The molecule has 2 aromatic carbocycles. The van der Waals surface area contributed by atoms with Gasteiger partial charge in [0.25, 0.3) is 0 Å². The summed E-state index contributed by atoms with van der Waals surface area (Å²) in [7, 11) is 3.46. The van der Waals surface area contributed by atoms with Gasteiger partial charge in [-0.15, -0.1) is 0 Å². The maximum atomic E-state index is 5.35. The zero-order valence-corrected chi connectivity index (χ0v) is 16.8. The number of hydrogen-bond acceptors (Lipinski definition) is 2. The van der Waals surface area contributed by atoms with Crippen LogP contribution < -0.4 is 9.47 Å². The normalized spacial score (nSPS) is 25.9. The van der Waals surface area contributed by atoms with Gasteiger partial charge in [-0.2, -0.15) is 0 Å². The third-order valence-corrected chi connectivity index (χ3v) is 6.40. The fourth-order valence-corrected chi connectivity index (χ4v) is 4.69. The Kier molecular flexibility index (Phi) is 5.60. The fraction of sp³-hybridized carbons (Fsp3) is 0.500. The van der Waals surface area contributed by atoms with Crippen molar-refractivity contribution in [3.05, 3.63) is 59.7 Å². The van der Waals surface area contributed by atoms with E-state index in [1.807, 2.05) is 0 Å². The minimum atomic E-state index is 0.211. The van der Waals surface area contributed by atoms with Crippen LogP contribution in [0, 0.1) is 11.8 Å². The molecule has 3 atom stereocenters. The van der Waals surface area contributed by atoms with Crippen molar-refractivity contribution in [2.24, 2.45) is 11.8 Å². The van der Waals surface area contributed by atoms with Crippen molar-refractivity contribution < 1.29 is 9.47 Å². The van der Waals surface area contributed by atoms with Crippen LogP contribution in [0.4, 0.5) is 0 Å². The molecule has 0 saturated heterocycles. The Morgan fingerprint density at radius 2 is 1.42 bits per heavy atom. The molecule has 0 aromatic heterocycles. The first-order chi connectivity index (χ1) is 12.5.